The van der Waals surface area contributed by atoms with Gasteiger partial charge in [0, 0.05) is 55.2 Å². The normalized spacial score (nSPS) is 17.5. The number of fused-ring (bicyclic) bond motifs is 7. The maximum atomic E-state index is 12.9. The number of nitrogens with one attached hydrogen (secondary N) is 1. The molecule has 1 aromatic carbocycles. The van der Waals surface area contributed by atoms with Gasteiger partial charge in [-0.25, -0.2) is 29.5 Å². The fourth-order valence-corrected chi connectivity index (χ4v) is 10.7. The summed E-state index contributed by atoms with van der Waals surface area (Å²) in [5, 5.41) is 6.05. The molecule has 5 aromatic rings. The average molecular weight is 771 g/mol. The second kappa shape index (κ2) is 14.3. The fraction of sp³-hybridized carbons (Fsp3) is 0.432. The fourth-order valence-electron chi connectivity index (χ4n) is 7.99. The molecule has 0 unspecified atom stereocenters. The molecule has 16 heteroatoms. The molecule has 53 heavy (non-hydrogen) atoms. The zero-order valence-corrected chi connectivity index (χ0v) is 31.8. The molecule has 0 bridgehead atoms. The molecule has 1 N–H and O–H groups in total. The monoisotopic (exact) mass is 770 g/mol. The van der Waals surface area contributed by atoms with Gasteiger partial charge in [0.2, 0.25) is 0 Å². The van der Waals surface area contributed by atoms with Crippen LogP contribution in [0.2, 0.25) is 5.15 Å². The van der Waals surface area contributed by atoms with Crippen LogP contribution >= 0.6 is 34.3 Å². The van der Waals surface area contributed by atoms with Gasteiger partial charge in [0.1, 0.15) is 39.0 Å². The van der Waals surface area contributed by atoms with Gasteiger partial charge >= 0.3 is 12.1 Å². The summed E-state index contributed by atoms with van der Waals surface area (Å²) in [6.07, 6.45) is 11.1. The molecule has 0 spiro atoms. The highest BCUT2D eigenvalue weighted by atomic mass is 35.5. The Morgan fingerprint density at radius 1 is 0.755 bits per heavy atom. The molecule has 0 saturated carbocycles. The molecule has 0 radical (unpaired) electrons. The molecule has 0 aliphatic carbocycles. The largest absolute Gasteiger partial charge is 0.495 e. The van der Waals surface area contributed by atoms with Crippen molar-refractivity contribution in [3.63, 3.8) is 0 Å². The topological polar surface area (TPSA) is 132 Å². The zero-order valence-electron chi connectivity index (χ0n) is 29.4. The van der Waals surface area contributed by atoms with Crippen LogP contribution in [0.4, 0.5) is 21.1 Å². The Morgan fingerprint density at radius 2 is 1.34 bits per heavy atom. The van der Waals surface area contributed by atoms with Gasteiger partial charge in [0.05, 0.1) is 43.2 Å². The van der Waals surface area contributed by atoms with Crippen molar-refractivity contribution >= 4 is 84.5 Å². The van der Waals surface area contributed by atoms with E-state index < -0.39 is 0 Å². The lowest BCUT2D eigenvalue weighted by Gasteiger charge is -2.31. The minimum absolute atomic E-state index is 0.166. The van der Waals surface area contributed by atoms with Gasteiger partial charge in [-0.1, -0.05) is 11.6 Å². The predicted octanol–water partition coefficient (Wildman–Crippen LogP) is 6.87. The number of anilines is 2. The number of hydrogen-bond acceptors (Lipinski definition) is 11. The van der Waals surface area contributed by atoms with Crippen LogP contribution < -0.4 is 10.1 Å². The summed E-state index contributed by atoms with van der Waals surface area (Å²) >= 11 is 9.50. The van der Waals surface area contributed by atoms with E-state index in [-0.39, 0.29) is 12.1 Å². The van der Waals surface area contributed by atoms with Crippen molar-refractivity contribution in [2.75, 3.05) is 51.7 Å². The van der Waals surface area contributed by atoms with Crippen molar-refractivity contribution in [3.05, 3.63) is 61.9 Å². The Balaban J connectivity index is 0.000000153. The number of amides is 4. The number of halogens is 1. The number of hydrogen-bond donors (Lipinski definition) is 1. The Labute approximate surface area is 319 Å². The first-order chi connectivity index (χ1) is 25.9. The molecule has 4 amide bonds. The van der Waals surface area contributed by atoms with E-state index in [0.717, 1.165) is 127 Å². The minimum atomic E-state index is 0.166. The smallest absolute Gasteiger partial charge is 0.320 e. The summed E-state index contributed by atoms with van der Waals surface area (Å²) in [7, 11) is 1.68. The van der Waals surface area contributed by atoms with E-state index >= 15 is 0 Å². The molecule has 2 fully saturated rings. The van der Waals surface area contributed by atoms with Gasteiger partial charge in [-0.15, -0.1) is 22.7 Å². The van der Waals surface area contributed by atoms with Crippen LogP contribution in [0.1, 0.15) is 57.7 Å². The number of methoxy groups -OCH3 is 1. The van der Waals surface area contributed by atoms with Crippen LogP contribution in [0.25, 0.3) is 20.4 Å². The van der Waals surface area contributed by atoms with E-state index in [1.807, 2.05) is 31.9 Å². The highest BCUT2D eigenvalue weighted by Gasteiger charge is 2.31. The second-order valence-electron chi connectivity index (χ2n) is 13.9. The molecule has 5 aliphatic rings. The summed E-state index contributed by atoms with van der Waals surface area (Å²) in [6, 6.07) is 4.44. The van der Waals surface area contributed by atoms with Gasteiger partial charge in [-0.05, 0) is 72.9 Å². The first kappa shape index (κ1) is 34.2. The third-order valence-corrected chi connectivity index (χ3v) is 13.3. The number of carbonyl (C=O) groups excluding carboxylic acids is 2. The third kappa shape index (κ3) is 6.42. The van der Waals surface area contributed by atoms with Gasteiger partial charge in [-0.3, -0.25) is 4.99 Å². The van der Waals surface area contributed by atoms with E-state index in [1.165, 1.54) is 27.2 Å². The number of aromatic nitrogens is 4. The van der Waals surface area contributed by atoms with Crippen LogP contribution in [-0.4, -0.2) is 104 Å². The van der Waals surface area contributed by atoms with E-state index in [4.69, 9.17) is 16.3 Å². The van der Waals surface area contributed by atoms with Crippen LogP contribution in [0.15, 0.2) is 29.8 Å². The number of aliphatic imine (C=N–C) groups is 1. The number of carbonyl (C=O) groups is 2. The van der Waals surface area contributed by atoms with E-state index in [0.29, 0.717) is 24.8 Å². The van der Waals surface area contributed by atoms with E-state index in [9.17, 15) is 9.59 Å². The molecule has 274 valence electrons. The quantitative estimate of drug-likeness (QED) is 0.197. The maximum absolute atomic E-state index is 12.9. The number of rotatable bonds is 3. The summed E-state index contributed by atoms with van der Waals surface area (Å²) in [5.41, 5.74) is 5.60. The number of likely N-dealkylation sites (tertiary alicyclic amines) is 2. The van der Waals surface area contributed by atoms with Crippen LogP contribution in [0.5, 0.6) is 5.75 Å². The van der Waals surface area contributed by atoms with E-state index in [2.05, 4.69) is 36.3 Å². The summed E-state index contributed by atoms with van der Waals surface area (Å²) in [6.45, 7) is 7.02. The highest BCUT2D eigenvalue weighted by molar-refractivity contribution is 7.19. The highest BCUT2D eigenvalue weighted by Crippen LogP contribution is 2.41. The van der Waals surface area contributed by atoms with Crippen LogP contribution in [-0.2, 0) is 32.5 Å². The molecule has 5 aliphatic heterocycles. The van der Waals surface area contributed by atoms with Crippen molar-refractivity contribution in [2.24, 2.45) is 4.99 Å². The lowest BCUT2D eigenvalue weighted by Crippen LogP contribution is -2.43. The second-order valence-corrected chi connectivity index (χ2v) is 16.4. The molecule has 9 heterocycles. The standard InChI is InChI=1S/C23H24N6O2S.C14H15ClN4OS/c1-31-18-9-15-11-24-10-14(15)8-17(18)27-21-20-16-4-7-29(23(30)28-5-2-3-6-28)12-19(16)32-22(20)26-13-25-21;15-12-11-9-3-6-19(14(20)18-4-1-2-5-18)7-10(9)21-13(11)17-8-16-12/h8-10,13H,2-7,11-12H2,1H3,(H,25,26,27);8H,1-7H2. The van der Waals surface area contributed by atoms with Crippen LogP contribution in [0.3, 0.4) is 0 Å². The Hall–Kier alpha value is -4.60. The number of benzene rings is 1. The molecule has 0 atom stereocenters. The molecular formula is C37H39ClN10O3S2. The SMILES string of the molecule is COc1cc2c(cc1Nc1ncnc3sc4c(c13)CCN(C(=O)N1CCCC1)C4)C=NC2.O=C(N1CCCC1)N1CCc2c(sc3ncnc(Cl)c23)C1. The van der Waals surface area contributed by atoms with Crippen molar-refractivity contribution in [3.8, 4) is 5.75 Å². The summed E-state index contributed by atoms with van der Waals surface area (Å²) in [4.78, 5) is 59.4. The lowest BCUT2D eigenvalue weighted by molar-refractivity contribution is 0.157. The Morgan fingerprint density at radius 3 is 1.96 bits per heavy atom. The number of urea groups is 2. The Bertz CT molecular complexity index is 2260. The summed E-state index contributed by atoms with van der Waals surface area (Å²) < 4.78 is 5.63. The van der Waals surface area contributed by atoms with Crippen molar-refractivity contribution in [1.29, 1.82) is 0 Å². The molecular weight excluding hydrogens is 732 g/mol. The molecule has 10 rings (SSSR count). The average Bonchev–Trinajstić information content (AvgIpc) is 4.03. The molecule has 2 saturated heterocycles. The van der Waals surface area contributed by atoms with Crippen molar-refractivity contribution in [2.45, 2.75) is 58.2 Å². The summed E-state index contributed by atoms with van der Waals surface area (Å²) in [5.74, 6) is 1.55. The Kier molecular flexibility index (Phi) is 9.24. The van der Waals surface area contributed by atoms with Crippen molar-refractivity contribution < 1.29 is 14.3 Å². The number of nitrogens with zero attached hydrogens (tertiary/aromatic N) is 9. The first-order valence-electron chi connectivity index (χ1n) is 18.2. The van der Waals surface area contributed by atoms with Gasteiger partial charge in [0.25, 0.3) is 0 Å². The lowest BCUT2D eigenvalue weighted by atomic mass is 10.0. The number of thiophene rings is 2. The van der Waals surface area contributed by atoms with Crippen molar-refractivity contribution in [1.82, 2.24) is 39.5 Å². The molecule has 4 aromatic heterocycles. The minimum Gasteiger partial charge on any atom is -0.495 e. The molecule has 13 nitrogen and oxygen atoms in total. The van der Waals surface area contributed by atoms with Gasteiger partial charge in [0.15, 0.2) is 0 Å². The maximum Gasteiger partial charge on any atom is 0.320 e. The van der Waals surface area contributed by atoms with Gasteiger partial charge < -0.3 is 29.7 Å². The van der Waals surface area contributed by atoms with E-state index in [1.54, 1.807) is 36.1 Å². The third-order valence-electron chi connectivity index (χ3n) is 10.7. The van der Waals surface area contributed by atoms with Gasteiger partial charge in [-0.2, -0.15) is 0 Å². The predicted molar refractivity (Wildman–Crippen MR) is 208 cm³/mol. The number of ether oxygens (including phenoxy) is 1. The van der Waals surface area contributed by atoms with Crippen LogP contribution in [0, 0.1) is 0 Å². The first-order valence-corrected chi connectivity index (χ1v) is 20.2. The zero-order chi connectivity index (χ0) is 36.1.